The quantitative estimate of drug-likeness (QED) is 0.491. The van der Waals surface area contributed by atoms with Crippen molar-refractivity contribution in [2.45, 2.75) is 27.3 Å². The van der Waals surface area contributed by atoms with Crippen molar-refractivity contribution in [1.82, 2.24) is 9.58 Å². The van der Waals surface area contributed by atoms with Crippen molar-refractivity contribution in [2.75, 3.05) is 6.61 Å². The van der Waals surface area contributed by atoms with Gasteiger partial charge in [0.2, 0.25) is 5.17 Å². The summed E-state index contributed by atoms with van der Waals surface area (Å²) in [5.74, 6) is 0.365. The van der Waals surface area contributed by atoms with Crippen LogP contribution in [0.5, 0.6) is 5.75 Å². The fraction of sp³-hybridized carbons (Fsp3) is 0.185. The first-order chi connectivity index (χ1) is 16.9. The highest BCUT2D eigenvalue weighted by atomic mass is 32.2. The zero-order chi connectivity index (χ0) is 24.5. The topological polar surface area (TPSA) is 83.0 Å². The van der Waals surface area contributed by atoms with Crippen molar-refractivity contribution in [2.24, 2.45) is 10.1 Å². The van der Waals surface area contributed by atoms with Gasteiger partial charge in [-0.05, 0) is 67.4 Å². The summed E-state index contributed by atoms with van der Waals surface area (Å²) >= 11 is 1.25. The van der Waals surface area contributed by atoms with Gasteiger partial charge in [0.15, 0.2) is 5.84 Å². The Labute approximate surface area is 208 Å². The lowest BCUT2D eigenvalue weighted by Crippen LogP contribution is -2.35. The van der Waals surface area contributed by atoms with Gasteiger partial charge in [-0.2, -0.15) is 15.1 Å². The maximum absolute atomic E-state index is 12.9. The molecule has 0 aliphatic carbocycles. The van der Waals surface area contributed by atoms with Crippen LogP contribution < -0.4 is 4.74 Å². The van der Waals surface area contributed by atoms with E-state index in [1.54, 1.807) is 6.08 Å². The van der Waals surface area contributed by atoms with Gasteiger partial charge in [0, 0.05) is 17.9 Å². The molecule has 1 aromatic heterocycles. The van der Waals surface area contributed by atoms with Gasteiger partial charge < -0.3 is 9.30 Å². The van der Waals surface area contributed by atoms with Crippen LogP contribution in [0.4, 0.5) is 0 Å². The first-order valence-corrected chi connectivity index (χ1v) is 12.1. The predicted molar refractivity (Wildman–Crippen MR) is 141 cm³/mol. The number of fused-ring (bicyclic) bond motifs is 1. The minimum Gasteiger partial charge on any atom is -0.486 e. The molecule has 0 atom stereocenters. The number of aromatic nitrogens is 1. The molecule has 0 saturated carbocycles. The Morgan fingerprint density at radius 1 is 1.06 bits per heavy atom. The molecule has 0 unspecified atom stereocenters. The second-order valence-electron chi connectivity index (χ2n) is 8.47. The highest BCUT2D eigenvalue weighted by Crippen LogP contribution is 2.30. The van der Waals surface area contributed by atoms with Gasteiger partial charge in [0.25, 0.3) is 5.91 Å². The molecule has 1 amide bonds. The number of ether oxygens (including phenoxy) is 1. The van der Waals surface area contributed by atoms with Gasteiger partial charge in [0.05, 0.1) is 5.57 Å². The molecule has 1 N–H and O–H groups in total. The third kappa shape index (κ3) is 4.57. The molecule has 0 saturated heterocycles. The van der Waals surface area contributed by atoms with Crippen LogP contribution in [0.25, 0.3) is 6.08 Å². The Kier molecular flexibility index (Phi) is 6.13. The van der Waals surface area contributed by atoms with Crippen LogP contribution in [0.3, 0.4) is 0 Å². The van der Waals surface area contributed by atoms with Crippen LogP contribution in [0.2, 0.25) is 0 Å². The second kappa shape index (κ2) is 9.38. The number of aliphatic imine (C=N–C) groups is 1. The van der Waals surface area contributed by atoms with E-state index in [4.69, 9.17) is 10.1 Å². The molecule has 2 aliphatic rings. The summed E-state index contributed by atoms with van der Waals surface area (Å²) < 4.78 is 8.09. The van der Waals surface area contributed by atoms with Gasteiger partial charge in [-0.25, -0.2) is 0 Å². The number of amides is 1. The van der Waals surface area contributed by atoms with Crippen molar-refractivity contribution >= 4 is 39.8 Å². The van der Waals surface area contributed by atoms with Crippen LogP contribution >= 0.6 is 11.8 Å². The van der Waals surface area contributed by atoms with Crippen LogP contribution in [0, 0.1) is 26.2 Å². The van der Waals surface area contributed by atoms with Crippen LogP contribution in [-0.4, -0.2) is 38.1 Å². The lowest BCUT2D eigenvalue weighted by atomic mass is 10.1. The highest BCUT2D eigenvalue weighted by Gasteiger charge is 2.36. The molecule has 176 valence electrons. The van der Waals surface area contributed by atoms with Crippen molar-refractivity contribution < 1.29 is 9.53 Å². The van der Waals surface area contributed by atoms with Crippen molar-refractivity contribution in [3.63, 3.8) is 0 Å². The van der Waals surface area contributed by atoms with Crippen LogP contribution in [-0.2, 0) is 11.3 Å². The first kappa shape index (κ1) is 22.9. The number of hydrazone groups is 1. The predicted octanol–water partition coefficient (Wildman–Crippen LogP) is 5.16. The Bertz CT molecular complexity index is 1420. The van der Waals surface area contributed by atoms with Crippen molar-refractivity contribution in [1.29, 1.82) is 5.41 Å². The van der Waals surface area contributed by atoms with E-state index in [1.165, 1.54) is 22.3 Å². The number of aryl methyl sites for hydroxylation is 2. The molecule has 2 aromatic carbocycles. The van der Waals surface area contributed by atoms with Gasteiger partial charge >= 0.3 is 0 Å². The number of hydrogen-bond acceptors (Lipinski definition) is 5. The van der Waals surface area contributed by atoms with E-state index in [9.17, 15) is 4.79 Å². The lowest BCUT2D eigenvalue weighted by molar-refractivity contribution is -0.114. The summed E-state index contributed by atoms with van der Waals surface area (Å²) in [6.07, 6.45) is 1.75. The third-order valence-electron chi connectivity index (χ3n) is 6.04. The number of carbonyl (C=O) groups is 1. The lowest BCUT2D eigenvalue weighted by Gasteiger charge is -2.20. The van der Waals surface area contributed by atoms with Gasteiger partial charge in [-0.1, -0.05) is 48.5 Å². The number of nitrogens with one attached hydrogen (secondary N) is 1. The van der Waals surface area contributed by atoms with E-state index in [0.29, 0.717) is 10.2 Å². The number of thioether (sulfide) groups is 1. The second-order valence-corrected chi connectivity index (χ2v) is 9.51. The standard InChI is InChI=1S/C27H25N5O2S/c1-17-9-7-8-12-23(17)34-16-24-30-32-25(28)22(26(33)29-27(32)35-24)14-21-13-18(2)31(19(21)3)15-20-10-5-4-6-11-20/h4-14,28H,15-16H2,1-3H3/b22-14-,28-25?. The van der Waals surface area contributed by atoms with E-state index in [0.717, 1.165) is 34.8 Å². The van der Waals surface area contributed by atoms with Gasteiger partial charge in [0.1, 0.15) is 17.4 Å². The molecule has 8 heteroatoms. The van der Waals surface area contributed by atoms with E-state index in [-0.39, 0.29) is 18.0 Å². The Balaban J connectivity index is 1.37. The Morgan fingerprint density at radius 3 is 2.57 bits per heavy atom. The number of hydrogen-bond donors (Lipinski definition) is 1. The average Bonchev–Trinajstić information content (AvgIpc) is 3.37. The smallest absolute Gasteiger partial charge is 0.283 e. The maximum Gasteiger partial charge on any atom is 0.283 e. The molecule has 0 radical (unpaired) electrons. The van der Waals surface area contributed by atoms with Crippen molar-refractivity contribution in [3.8, 4) is 5.75 Å². The molecule has 0 fully saturated rings. The van der Waals surface area contributed by atoms with E-state index < -0.39 is 5.91 Å². The fourth-order valence-corrected chi connectivity index (χ4v) is 4.88. The molecule has 0 spiro atoms. The maximum atomic E-state index is 12.9. The molecule has 7 nitrogen and oxygen atoms in total. The number of amidine groups is 2. The average molecular weight is 484 g/mol. The number of carbonyl (C=O) groups excluding carboxylic acids is 1. The SMILES string of the molecule is Cc1ccccc1OCC1=NN2C(=N)/C(=C/c3cc(C)n(Cc4ccccc4)c3C)C(=O)N=C2S1. The third-order valence-corrected chi connectivity index (χ3v) is 6.92. The molecule has 35 heavy (non-hydrogen) atoms. The normalized spacial score (nSPS) is 16.4. The van der Waals surface area contributed by atoms with Gasteiger partial charge in [-0.3, -0.25) is 10.2 Å². The number of nitrogens with zero attached hydrogens (tertiary/aromatic N) is 4. The Morgan fingerprint density at radius 2 is 1.80 bits per heavy atom. The van der Waals surface area contributed by atoms with Gasteiger partial charge in [-0.15, -0.1) is 0 Å². The largest absolute Gasteiger partial charge is 0.486 e. The highest BCUT2D eigenvalue weighted by molar-refractivity contribution is 8.27. The molecule has 3 aromatic rings. The van der Waals surface area contributed by atoms with Crippen LogP contribution in [0.15, 0.2) is 76.3 Å². The minimum atomic E-state index is -0.433. The number of benzene rings is 2. The summed E-state index contributed by atoms with van der Waals surface area (Å²) in [5, 5.41) is 15.6. The summed E-state index contributed by atoms with van der Waals surface area (Å²) in [6.45, 7) is 7.04. The molecular weight excluding hydrogens is 458 g/mol. The summed E-state index contributed by atoms with van der Waals surface area (Å²) in [7, 11) is 0. The summed E-state index contributed by atoms with van der Waals surface area (Å²) in [4.78, 5) is 17.1. The van der Waals surface area contributed by atoms with E-state index in [2.05, 4.69) is 26.8 Å². The molecule has 2 aliphatic heterocycles. The fourth-order valence-electron chi connectivity index (χ4n) is 4.09. The summed E-state index contributed by atoms with van der Waals surface area (Å²) in [5.41, 5.74) is 5.46. The van der Waals surface area contributed by atoms with Crippen molar-refractivity contribution in [3.05, 3.63) is 94.3 Å². The number of rotatable bonds is 6. The molecule has 0 bridgehead atoms. The monoisotopic (exact) mass is 483 g/mol. The zero-order valence-electron chi connectivity index (χ0n) is 19.8. The van der Waals surface area contributed by atoms with E-state index >= 15 is 0 Å². The molecule has 3 heterocycles. The molecule has 5 rings (SSSR count). The van der Waals surface area contributed by atoms with E-state index in [1.807, 2.05) is 69.3 Å². The minimum absolute atomic E-state index is 0.0197. The van der Waals surface area contributed by atoms with Crippen LogP contribution in [0.1, 0.15) is 28.1 Å². The Hall–Kier alpha value is -3.91. The molecular formula is C27H25N5O2S. The first-order valence-electron chi connectivity index (χ1n) is 11.3. The number of para-hydroxylation sites is 1. The zero-order valence-corrected chi connectivity index (χ0v) is 20.6. The summed E-state index contributed by atoms with van der Waals surface area (Å²) in [6, 6.07) is 20.0.